The van der Waals surface area contributed by atoms with Crippen molar-refractivity contribution in [2.45, 2.75) is 32.4 Å². The number of benzene rings is 1. The summed E-state index contributed by atoms with van der Waals surface area (Å²) >= 11 is 1.59. The van der Waals surface area contributed by atoms with E-state index < -0.39 is 0 Å². The topological polar surface area (TPSA) is 55.2 Å². The summed E-state index contributed by atoms with van der Waals surface area (Å²) in [5.74, 6) is -0.499. The van der Waals surface area contributed by atoms with Crippen molar-refractivity contribution in [2.24, 2.45) is 0 Å². The molecule has 26 heavy (non-hydrogen) atoms. The number of fused-ring (bicyclic) bond motifs is 3. The number of carbonyl (C=O) groups excluding carboxylic acids is 1. The van der Waals surface area contributed by atoms with E-state index in [1.165, 1.54) is 32.8 Å². The van der Waals surface area contributed by atoms with Crippen molar-refractivity contribution in [3.8, 4) is 0 Å². The highest BCUT2D eigenvalue weighted by atomic mass is 32.1. The number of nitrogens with zero attached hydrogens (tertiary/aromatic N) is 3. The summed E-state index contributed by atoms with van der Waals surface area (Å²) in [6, 6.07) is 6.03. The lowest BCUT2D eigenvalue weighted by Crippen LogP contribution is -2.33. The highest BCUT2D eigenvalue weighted by Gasteiger charge is 2.22. The molecule has 0 fully saturated rings. The molecule has 5 nitrogen and oxygen atoms in total. The first-order chi connectivity index (χ1) is 12.5. The van der Waals surface area contributed by atoms with E-state index in [4.69, 9.17) is 0 Å². The number of thiophene rings is 1. The molecule has 1 aliphatic carbocycles. The third-order valence-electron chi connectivity index (χ3n) is 4.76. The highest BCUT2D eigenvalue weighted by molar-refractivity contribution is 7.18. The summed E-state index contributed by atoms with van der Waals surface area (Å²) < 4.78 is 14.4. The first kappa shape index (κ1) is 16.9. The minimum absolute atomic E-state index is 0.0515. The van der Waals surface area contributed by atoms with Crippen LogP contribution in [0.1, 0.15) is 22.4 Å². The number of likely N-dealkylation sites (N-methyl/N-ethyl adjacent to an activating group) is 1. The van der Waals surface area contributed by atoms with Crippen molar-refractivity contribution in [3.05, 3.63) is 62.8 Å². The van der Waals surface area contributed by atoms with Gasteiger partial charge in [-0.3, -0.25) is 14.2 Å². The number of aryl methyl sites for hydroxylation is 2. The van der Waals surface area contributed by atoms with Crippen molar-refractivity contribution in [1.29, 1.82) is 0 Å². The van der Waals surface area contributed by atoms with Crippen LogP contribution >= 0.6 is 11.3 Å². The molecule has 0 N–H and O–H groups in total. The van der Waals surface area contributed by atoms with Gasteiger partial charge in [-0.1, -0.05) is 12.1 Å². The van der Waals surface area contributed by atoms with Gasteiger partial charge in [-0.25, -0.2) is 9.37 Å². The average molecular weight is 371 g/mol. The molecule has 0 spiro atoms. The van der Waals surface area contributed by atoms with Gasteiger partial charge in [0.2, 0.25) is 5.91 Å². The van der Waals surface area contributed by atoms with Crippen molar-refractivity contribution in [2.75, 3.05) is 7.05 Å². The Labute approximate surface area is 153 Å². The molecule has 2 heterocycles. The molecule has 0 unspecified atom stereocenters. The van der Waals surface area contributed by atoms with E-state index in [1.54, 1.807) is 30.5 Å². The third-order valence-corrected chi connectivity index (χ3v) is 5.96. The second kappa shape index (κ2) is 6.64. The zero-order chi connectivity index (χ0) is 18.3. The molecule has 7 heteroatoms. The normalized spacial score (nSPS) is 13.2. The maximum Gasteiger partial charge on any atom is 0.262 e. The Hall–Kier alpha value is -2.54. The molecular weight excluding hydrogens is 353 g/mol. The number of hydrogen-bond acceptors (Lipinski definition) is 4. The quantitative estimate of drug-likeness (QED) is 0.709. The summed E-state index contributed by atoms with van der Waals surface area (Å²) in [5.41, 5.74) is 1.81. The summed E-state index contributed by atoms with van der Waals surface area (Å²) in [5, 5.41) is 0.680. The minimum Gasteiger partial charge on any atom is -0.340 e. The Morgan fingerprint density at radius 3 is 2.85 bits per heavy atom. The van der Waals surface area contributed by atoms with Crippen LogP contribution in [0.15, 0.2) is 35.4 Å². The SMILES string of the molecule is CN(Cc1ccc(F)cc1)C(=O)Cn1cnc2sc3c(c2c1=O)CCC3. The van der Waals surface area contributed by atoms with E-state index in [0.29, 0.717) is 11.9 Å². The molecule has 0 bridgehead atoms. The zero-order valence-electron chi connectivity index (χ0n) is 14.4. The second-order valence-electron chi connectivity index (χ2n) is 6.59. The van der Waals surface area contributed by atoms with Gasteiger partial charge in [0.05, 0.1) is 11.7 Å². The van der Waals surface area contributed by atoms with E-state index >= 15 is 0 Å². The highest BCUT2D eigenvalue weighted by Crippen LogP contribution is 2.34. The lowest BCUT2D eigenvalue weighted by atomic mass is 10.2. The smallest absolute Gasteiger partial charge is 0.262 e. The number of amides is 1. The van der Waals surface area contributed by atoms with E-state index in [-0.39, 0.29) is 23.8 Å². The first-order valence-corrected chi connectivity index (χ1v) is 9.32. The standard InChI is InChI=1S/C19H18FN3O2S/c1-22(9-12-5-7-13(20)8-6-12)16(24)10-23-11-21-18-17(19(23)25)14-3-2-4-15(14)26-18/h5-8,11H,2-4,9-10H2,1H3. The van der Waals surface area contributed by atoms with Gasteiger partial charge in [0.1, 0.15) is 17.2 Å². The minimum atomic E-state index is -0.308. The predicted molar refractivity (Wildman–Crippen MR) is 98.8 cm³/mol. The number of halogens is 1. The lowest BCUT2D eigenvalue weighted by Gasteiger charge is -2.18. The van der Waals surface area contributed by atoms with Gasteiger partial charge in [0, 0.05) is 18.5 Å². The molecule has 0 atom stereocenters. The number of carbonyl (C=O) groups is 1. The Morgan fingerprint density at radius 2 is 2.08 bits per heavy atom. The molecule has 1 aromatic carbocycles. The van der Waals surface area contributed by atoms with Gasteiger partial charge < -0.3 is 4.90 Å². The molecule has 1 amide bonds. The van der Waals surface area contributed by atoms with E-state index in [0.717, 1.165) is 35.2 Å². The van der Waals surface area contributed by atoms with Gasteiger partial charge in [0.15, 0.2) is 0 Å². The molecule has 1 aliphatic rings. The largest absolute Gasteiger partial charge is 0.340 e. The monoisotopic (exact) mass is 371 g/mol. The second-order valence-corrected chi connectivity index (χ2v) is 7.68. The van der Waals surface area contributed by atoms with Gasteiger partial charge >= 0.3 is 0 Å². The molecule has 0 aliphatic heterocycles. The average Bonchev–Trinajstić information content (AvgIpc) is 3.20. The van der Waals surface area contributed by atoms with Gasteiger partial charge in [0.25, 0.3) is 5.56 Å². The molecule has 0 saturated carbocycles. The van der Waals surface area contributed by atoms with Crippen molar-refractivity contribution < 1.29 is 9.18 Å². The van der Waals surface area contributed by atoms with Crippen LogP contribution in [0.3, 0.4) is 0 Å². The summed E-state index contributed by atoms with van der Waals surface area (Å²) in [7, 11) is 1.67. The van der Waals surface area contributed by atoms with Gasteiger partial charge in [-0.05, 0) is 42.5 Å². The number of hydrogen-bond donors (Lipinski definition) is 0. The molecule has 4 rings (SSSR count). The summed E-state index contributed by atoms with van der Waals surface area (Å²) in [6.45, 7) is 0.307. The van der Waals surface area contributed by atoms with Crippen molar-refractivity contribution >= 4 is 27.5 Å². The first-order valence-electron chi connectivity index (χ1n) is 8.51. The van der Waals surface area contributed by atoms with Crippen LogP contribution in [0.5, 0.6) is 0 Å². The molecule has 2 aromatic heterocycles. The zero-order valence-corrected chi connectivity index (χ0v) is 15.2. The maximum absolute atomic E-state index is 13.0. The van der Waals surface area contributed by atoms with Gasteiger partial charge in [-0.2, -0.15) is 0 Å². The lowest BCUT2D eigenvalue weighted by molar-refractivity contribution is -0.131. The van der Waals surface area contributed by atoms with Crippen LogP contribution < -0.4 is 5.56 Å². The van der Waals surface area contributed by atoms with E-state index in [9.17, 15) is 14.0 Å². The van der Waals surface area contributed by atoms with Crippen LogP contribution in [0, 0.1) is 5.82 Å². The third kappa shape index (κ3) is 3.03. The number of aromatic nitrogens is 2. The van der Waals surface area contributed by atoms with Crippen molar-refractivity contribution in [1.82, 2.24) is 14.5 Å². The fourth-order valence-electron chi connectivity index (χ4n) is 3.35. The molecular formula is C19H18FN3O2S. The molecule has 3 aromatic rings. The van der Waals surface area contributed by atoms with Crippen LogP contribution in [0.25, 0.3) is 10.2 Å². The molecule has 134 valence electrons. The Balaban J connectivity index is 1.54. The molecule has 0 saturated heterocycles. The molecule has 0 radical (unpaired) electrons. The fraction of sp³-hybridized carbons (Fsp3) is 0.316. The van der Waals surface area contributed by atoms with Crippen LogP contribution in [0.4, 0.5) is 4.39 Å². The Morgan fingerprint density at radius 1 is 1.31 bits per heavy atom. The van der Waals surface area contributed by atoms with E-state index in [1.807, 2.05) is 0 Å². The van der Waals surface area contributed by atoms with Crippen molar-refractivity contribution in [3.63, 3.8) is 0 Å². The van der Waals surface area contributed by atoms with E-state index in [2.05, 4.69) is 4.98 Å². The predicted octanol–water partition coefficient (Wildman–Crippen LogP) is 2.74. The van der Waals surface area contributed by atoms with Gasteiger partial charge in [-0.15, -0.1) is 11.3 Å². The van der Waals surface area contributed by atoms with Crippen LogP contribution in [-0.4, -0.2) is 27.4 Å². The maximum atomic E-state index is 13.0. The van der Waals surface area contributed by atoms with Crippen LogP contribution in [0.2, 0.25) is 0 Å². The summed E-state index contributed by atoms with van der Waals surface area (Å²) in [6.07, 6.45) is 4.45. The fourth-order valence-corrected chi connectivity index (χ4v) is 4.57. The van der Waals surface area contributed by atoms with Crippen LogP contribution in [-0.2, 0) is 30.7 Å². The summed E-state index contributed by atoms with van der Waals surface area (Å²) in [4.78, 5) is 33.3. The Bertz CT molecular complexity index is 1040. The number of rotatable bonds is 4. The Kier molecular flexibility index (Phi) is 4.32.